The largest absolute Gasteiger partial charge is 0.330 e. The second-order valence-corrected chi connectivity index (χ2v) is 7.40. The van der Waals surface area contributed by atoms with Gasteiger partial charge >= 0.3 is 0 Å². The van der Waals surface area contributed by atoms with Gasteiger partial charge in [-0.3, -0.25) is 4.68 Å². The fourth-order valence-corrected chi connectivity index (χ4v) is 3.41. The molecule has 1 fully saturated rings. The average molecular weight is 264 g/mol. The maximum Gasteiger partial charge on any atom is 0.0833 e. The third-order valence-electron chi connectivity index (χ3n) is 4.91. The fourth-order valence-electron chi connectivity index (χ4n) is 3.41. The maximum absolute atomic E-state index is 6.09. The van der Waals surface area contributed by atoms with E-state index in [2.05, 4.69) is 31.1 Å². The van der Waals surface area contributed by atoms with E-state index in [0.717, 1.165) is 24.6 Å². The van der Waals surface area contributed by atoms with Gasteiger partial charge in [-0.15, -0.1) is 5.10 Å². The molecule has 4 heteroatoms. The van der Waals surface area contributed by atoms with Gasteiger partial charge in [0.1, 0.15) is 0 Å². The minimum Gasteiger partial charge on any atom is -0.330 e. The normalized spacial score (nSPS) is 28.6. The van der Waals surface area contributed by atoms with E-state index in [1.54, 1.807) is 4.68 Å². The van der Waals surface area contributed by atoms with Crippen LogP contribution in [0.2, 0.25) is 0 Å². The molecule has 0 bridgehead atoms. The standard InChI is InChI=1S/C15H28N4/c1-14(2,3)12-5-7-15(11-16,8-6-12)9-13-10-19(4)18-17-13/h10,12H,5-9,11,16H2,1-4H3. The van der Waals surface area contributed by atoms with Crippen LogP contribution < -0.4 is 5.73 Å². The van der Waals surface area contributed by atoms with Crippen molar-refractivity contribution >= 4 is 0 Å². The lowest BCUT2D eigenvalue weighted by molar-refractivity contribution is 0.0919. The Hall–Kier alpha value is -0.900. The van der Waals surface area contributed by atoms with Gasteiger partial charge in [-0.2, -0.15) is 0 Å². The lowest BCUT2D eigenvalue weighted by atomic mass is 9.63. The summed E-state index contributed by atoms with van der Waals surface area (Å²) in [5.74, 6) is 0.828. The van der Waals surface area contributed by atoms with Crippen LogP contribution in [0.15, 0.2) is 6.20 Å². The van der Waals surface area contributed by atoms with Crippen LogP contribution >= 0.6 is 0 Å². The zero-order valence-electron chi connectivity index (χ0n) is 12.8. The van der Waals surface area contributed by atoms with E-state index in [1.807, 2.05) is 13.2 Å². The second kappa shape index (κ2) is 5.23. The van der Waals surface area contributed by atoms with Gasteiger partial charge in [0.15, 0.2) is 0 Å². The molecule has 2 rings (SSSR count). The van der Waals surface area contributed by atoms with Crippen LogP contribution in [-0.2, 0) is 13.5 Å². The van der Waals surface area contributed by atoms with Gasteiger partial charge in [-0.1, -0.05) is 26.0 Å². The van der Waals surface area contributed by atoms with Crippen molar-refractivity contribution in [3.8, 4) is 0 Å². The number of rotatable bonds is 3. The van der Waals surface area contributed by atoms with Crippen molar-refractivity contribution in [2.45, 2.75) is 52.9 Å². The molecule has 1 aliphatic rings. The molecule has 0 atom stereocenters. The van der Waals surface area contributed by atoms with Crippen LogP contribution in [0.25, 0.3) is 0 Å². The van der Waals surface area contributed by atoms with E-state index < -0.39 is 0 Å². The minimum absolute atomic E-state index is 0.248. The summed E-state index contributed by atoms with van der Waals surface area (Å²) >= 11 is 0. The summed E-state index contributed by atoms with van der Waals surface area (Å²) in [7, 11) is 1.92. The lowest BCUT2D eigenvalue weighted by Gasteiger charge is -2.43. The van der Waals surface area contributed by atoms with Crippen molar-refractivity contribution in [2.75, 3.05) is 6.54 Å². The van der Waals surface area contributed by atoms with E-state index in [1.165, 1.54) is 25.7 Å². The Balaban J connectivity index is 2.02. The summed E-state index contributed by atoms with van der Waals surface area (Å²) in [6.45, 7) is 7.84. The van der Waals surface area contributed by atoms with E-state index >= 15 is 0 Å². The molecule has 4 nitrogen and oxygen atoms in total. The number of hydrogen-bond donors (Lipinski definition) is 1. The minimum atomic E-state index is 0.248. The molecular weight excluding hydrogens is 236 g/mol. The number of nitrogens with zero attached hydrogens (tertiary/aromatic N) is 3. The third-order valence-corrected chi connectivity index (χ3v) is 4.91. The average Bonchev–Trinajstić information content (AvgIpc) is 2.74. The zero-order chi connectivity index (χ0) is 14.1. The maximum atomic E-state index is 6.09. The van der Waals surface area contributed by atoms with Crippen LogP contribution in [0.1, 0.15) is 52.1 Å². The van der Waals surface area contributed by atoms with Gasteiger partial charge < -0.3 is 5.73 Å². The molecule has 2 N–H and O–H groups in total. The first-order valence-corrected chi connectivity index (χ1v) is 7.40. The Kier molecular flexibility index (Phi) is 4.00. The molecule has 1 heterocycles. The Morgan fingerprint density at radius 3 is 2.42 bits per heavy atom. The predicted octanol–water partition coefficient (Wildman–Crippen LogP) is 2.54. The summed E-state index contributed by atoms with van der Waals surface area (Å²) < 4.78 is 1.78. The molecule has 0 unspecified atom stereocenters. The molecule has 1 aromatic heterocycles. The van der Waals surface area contributed by atoms with Gasteiger partial charge in [0.25, 0.3) is 0 Å². The van der Waals surface area contributed by atoms with Crippen molar-refractivity contribution in [1.29, 1.82) is 0 Å². The van der Waals surface area contributed by atoms with E-state index in [0.29, 0.717) is 5.41 Å². The summed E-state index contributed by atoms with van der Waals surface area (Å²) in [4.78, 5) is 0. The Bertz CT molecular complexity index is 408. The summed E-state index contributed by atoms with van der Waals surface area (Å²) in [5.41, 5.74) is 7.85. The third kappa shape index (κ3) is 3.35. The molecule has 0 saturated heterocycles. The van der Waals surface area contributed by atoms with Crippen molar-refractivity contribution in [3.05, 3.63) is 11.9 Å². The molecule has 0 aliphatic heterocycles. The molecule has 19 heavy (non-hydrogen) atoms. The summed E-state index contributed by atoms with van der Waals surface area (Å²) in [6.07, 6.45) is 8.04. The highest BCUT2D eigenvalue weighted by atomic mass is 15.4. The van der Waals surface area contributed by atoms with Crippen molar-refractivity contribution in [2.24, 2.45) is 29.5 Å². The molecule has 108 valence electrons. The fraction of sp³-hybridized carbons (Fsp3) is 0.867. The van der Waals surface area contributed by atoms with Gasteiger partial charge in [0, 0.05) is 13.2 Å². The Morgan fingerprint density at radius 2 is 2.00 bits per heavy atom. The first-order chi connectivity index (χ1) is 8.85. The van der Waals surface area contributed by atoms with Crippen LogP contribution in [0.4, 0.5) is 0 Å². The van der Waals surface area contributed by atoms with E-state index in [9.17, 15) is 0 Å². The molecule has 1 saturated carbocycles. The zero-order valence-corrected chi connectivity index (χ0v) is 12.8. The van der Waals surface area contributed by atoms with Gasteiger partial charge in [0.2, 0.25) is 0 Å². The van der Waals surface area contributed by atoms with Crippen LogP contribution in [-0.4, -0.2) is 21.5 Å². The van der Waals surface area contributed by atoms with Gasteiger partial charge in [0.05, 0.1) is 5.69 Å². The highest BCUT2D eigenvalue weighted by molar-refractivity contribution is 5.01. The molecule has 1 aromatic rings. The van der Waals surface area contributed by atoms with E-state index in [4.69, 9.17) is 5.73 Å². The molecule has 0 amide bonds. The predicted molar refractivity (Wildman–Crippen MR) is 77.6 cm³/mol. The number of aromatic nitrogens is 3. The van der Waals surface area contributed by atoms with Crippen molar-refractivity contribution < 1.29 is 0 Å². The molecule has 0 spiro atoms. The van der Waals surface area contributed by atoms with Crippen molar-refractivity contribution in [3.63, 3.8) is 0 Å². The number of aryl methyl sites for hydroxylation is 1. The first kappa shape index (κ1) is 14.5. The first-order valence-electron chi connectivity index (χ1n) is 7.40. The SMILES string of the molecule is Cn1cc(CC2(CN)CCC(C(C)(C)C)CC2)nn1. The quantitative estimate of drug-likeness (QED) is 0.912. The Labute approximate surface area is 116 Å². The second-order valence-electron chi connectivity index (χ2n) is 7.40. The summed E-state index contributed by atoms with van der Waals surface area (Å²) in [6, 6.07) is 0. The monoisotopic (exact) mass is 264 g/mol. The molecule has 1 aliphatic carbocycles. The summed E-state index contributed by atoms with van der Waals surface area (Å²) in [5, 5.41) is 8.26. The highest BCUT2D eigenvalue weighted by Crippen LogP contribution is 2.46. The van der Waals surface area contributed by atoms with Crippen LogP contribution in [0, 0.1) is 16.7 Å². The number of hydrogen-bond acceptors (Lipinski definition) is 3. The van der Waals surface area contributed by atoms with Crippen molar-refractivity contribution in [1.82, 2.24) is 15.0 Å². The molecular formula is C15H28N4. The van der Waals surface area contributed by atoms with E-state index in [-0.39, 0.29) is 5.41 Å². The van der Waals surface area contributed by atoms with Gasteiger partial charge in [-0.05, 0) is 55.4 Å². The number of nitrogens with two attached hydrogens (primary N) is 1. The van der Waals surface area contributed by atoms with Gasteiger partial charge in [-0.25, -0.2) is 0 Å². The smallest absolute Gasteiger partial charge is 0.0833 e. The Morgan fingerprint density at radius 1 is 1.37 bits per heavy atom. The highest BCUT2D eigenvalue weighted by Gasteiger charge is 2.38. The lowest BCUT2D eigenvalue weighted by Crippen LogP contribution is -2.39. The molecule has 0 aromatic carbocycles. The topological polar surface area (TPSA) is 56.7 Å². The van der Waals surface area contributed by atoms with Crippen LogP contribution in [0.5, 0.6) is 0 Å². The molecule has 0 radical (unpaired) electrons. The van der Waals surface area contributed by atoms with Crippen LogP contribution in [0.3, 0.4) is 0 Å².